The summed E-state index contributed by atoms with van der Waals surface area (Å²) in [5, 5.41) is 5.90. The van der Waals surface area contributed by atoms with Gasteiger partial charge in [0.2, 0.25) is 5.91 Å². The van der Waals surface area contributed by atoms with Crippen LogP contribution in [0.25, 0.3) is 0 Å². The van der Waals surface area contributed by atoms with E-state index < -0.39 is 11.6 Å². The molecule has 0 unspecified atom stereocenters. The summed E-state index contributed by atoms with van der Waals surface area (Å²) in [6.45, 7) is 8.65. The standard InChI is InChI=1S/C24H36N4O4/c1-17-12-23(2,3)16-24(13-17)21(30)28(22(31)26-24)15-20(29)25-14-18(19-8-7-11-32-19)27-9-5-4-6-10-27/h7-8,11,17-18H,4-6,9-10,12-16H2,1-3H3,(H,25,29)(H,26,31)/p+1/t17-,18-,24+/m1/s1. The van der Waals surface area contributed by atoms with Crippen LogP contribution in [-0.4, -0.2) is 54.5 Å². The van der Waals surface area contributed by atoms with Crippen LogP contribution in [0.2, 0.25) is 0 Å². The number of rotatable bonds is 6. The van der Waals surface area contributed by atoms with Gasteiger partial charge >= 0.3 is 6.03 Å². The molecule has 4 rings (SSSR count). The van der Waals surface area contributed by atoms with Crippen LogP contribution < -0.4 is 15.5 Å². The molecule has 1 spiro atoms. The van der Waals surface area contributed by atoms with E-state index in [0.717, 1.165) is 30.2 Å². The van der Waals surface area contributed by atoms with Crippen LogP contribution in [0.1, 0.15) is 71.1 Å². The van der Waals surface area contributed by atoms with E-state index in [-0.39, 0.29) is 29.8 Å². The van der Waals surface area contributed by atoms with Gasteiger partial charge < -0.3 is 20.0 Å². The van der Waals surface area contributed by atoms with Gasteiger partial charge in [-0.2, -0.15) is 0 Å². The van der Waals surface area contributed by atoms with E-state index in [1.165, 1.54) is 24.2 Å². The van der Waals surface area contributed by atoms with Crippen molar-refractivity contribution in [3.63, 3.8) is 0 Å². The lowest BCUT2D eigenvalue weighted by Crippen LogP contribution is -3.13. The van der Waals surface area contributed by atoms with Crippen molar-refractivity contribution in [2.24, 2.45) is 11.3 Å². The molecule has 0 radical (unpaired) electrons. The van der Waals surface area contributed by atoms with Crippen molar-refractivity contribution in [2.75, 3.05) is 26.2 Å². The molecule has 8 nitrogen and oxygen atoms in total. The summed E-state index contributed by atoms with van der Waals surface area (Å²) in [7, 11) is 0. The van der Waals surface area contributed by atoms with Gasteiger partial charge in [-0.05, 0) is 62.0 Å². The Balaban J connectivity index is 1.39. The fourth-order valence-electron chi connectivity index (χ4n) is 6.36. The average Bonchev–Trinajstić information content (AvgIpc) is 3.31. The Morgan fingerprint density at radius 1 is 1.28 bits per heavy atom. The monoisotopic (exact) mass is 445 g/mol. The van der Waals surface area contributed by atoms with Gasteiger partial charge in [-0.3, -0.25) is 14.5 Å². The van der Waals surface area contributed by atoms with Crippen LogP contribution in [0.4, 0.5) is 4.79 Å². The SMILES string of the molecule is C[C@@H]1CC(C)(C)C[C@]2(C1)NC(=O)N(CC(=O)NC[C@H](c1ccco1)[NH+]1CCCCC1)C2=O. The Morgan fingerprint density at radius 3 is 2.69 bits per heavy atom. The summed E-state index contributed by atoms with van der Waals surface area (Å²) in [6.07, 6.45) is 7.48. The molecule has 1 saturated carbocycles. The number of piperidine rings is 1. The van der Waals surface area contributed by atoms with Gasteiger partial charge in [0.1, 0.15) is 12.1 Å². The van der Waals surface area contributed by atoms with E-state index in [9.17, 15) is 14.4 Å². The van der Waals surface area contributed by atoms with Crippen LogP contribution in [0.5, 0.6) is 0 Å². The van der Waals surface area contributed by atoms with Gasteiger partial charge in [-0.1, -0.05) is 20.8 Å². The number of carbonyl (C=O) groups excluding carboxylic acids is 3. The van der Waals surface area contributed by atoms with E-state index in [1.807, 2.05) is 12.1 Å². The van der Waals surface area contributed by atoms with E-state index >= 15 is 0 Å². The maximum atomic E-state index is 13.3. The molecule has 0 aromatic carbocycles. The molecule has 1 aromatic heterocycles. The van der Waals surface area contributed by atoms with Gasteiger partial charge in [0.05, 0.1) is 25.9 Å². The molecule has 2 aliphatic heterocycles. The summed E-state index contributed by atoms with van der Waals surface area (Å²) >= 11 is 0. The third-order valence-corrected chi connectivity index (χ3v) is 7.30. The number of hydrogen-bond donors (Lipinski definition) is 3. The smallest absolute Gasteiger partial charge is 0.325 e. The number of urea groups is 1. The third kappa shape index (κ3) is 4.70. The third-order valence-electron chi connectivity index (χ3n) is 7.30. The number of carbonyl (C=O) groups is 3. The van der Waals surface area contributed by atoms with Crippen molar-refractivity contribution in [2.45, 2.75) is 70.9 Å². The molecule has 176 valence electrons. The Morgan fingerprint density at radius 2 is 2.03 bits per heavy atom. The summed E-state index contributed by atoms with van der Waals surface area (Å²) < 4.78 is 5.65. The van der Waals surface area contributed by atoms with Crippen molar-refractivity contribution < 1.29 is 23.7 Å². The molecule has 3 aliphatic rings. The quantitative estimate of drug-likeness (QED) is 0.580. The molecule has 2 saturated heterocycles. The maximum absolute atomic E-state index is 13.3. The minimum Gasteiger partial charge on any atom is -0.463 e. The Labute approximate surface area is 190 Å². The number of imide groups is 1. The van der Waals surface area contributed by atoms with Gasteiger partial charge in [-0.15, -0.1) is 0 Å². The molecule has 0 bridgehead atoms. The molecule has 1 aliphatic carbocycles. The second-order valence-electron chi connectivity index (χ2n) is 10.8. The molecule has 32 heavy (non-hydrogen) atoms. The van der Waals surface area contributed by atoms with Crippen LogP contribution in [0, 0.1) is 11.3 Å². The molecular formula is C24H37N4O4+. The van der Waals surface area contributed by atoms with Crippen LogP contribution >= 0.6 is 0 Å². The fraction of sp³-hybridized carbons (Fsp3) is 0.708. The minimum atomic E-state index is -0.882. The molecule has 4 amide bonds. The second kappa shape index (κ2) is 8.89. The number of nitrogens with one attached hydrogen (secondary N) is 3. The first kappa shape index (κ1) is 22.8. The van der Waals surface area contributed by atoms with Gasteiger partial charge in [0.15, 0.2) is 11.8 Å². The summed E-state index contributed by atoms with van der Waals surface area (Å²) in [5.41, 5.74) is -0.917. The Kier molecular flexibility index (Phi) is 6.34. The highest BCUT2D eigenvalue weighted by Gasteiger charge is 2.56. The number of nitrogens with zero attached hydrogens (tertiary/aromatic N) is 1. The number of quaternary nitrogens is 1. The number of amides is 4. The Bertz CT molecular complexity index is 846. The lowest BCUT2D eigenvalue weighted by molar-refractivity contribution is -0.936. The number of hydrogen-bond acceptors (Lipinski definition) is 4. The number of likely N-dealkylation sites (tertiary alicyclic amines) is 1. The molecule has 1 aromatic rings. The highest BCUT2D eigenvalue weighted by molar-refractivity contribution is 6.09. The summed E-state index contributed by atoms with van der Waals surface area (Å²) in [6, 6.07) is 3.39. The van der Waals surface area contributed by atoms with Crippen molar-refractivity contribution in [1.82, 2.24) is 15.5 Å². The van der Waals surface area contributed by atoms with Gasteiger partial charge in [-0.25, -0.2) is 4.79 Å². The van der Waals surface area contributed by atoms with Gasteiger partial charge in [0.25, 0.3) is 5.91 Å². The van der Waals surface area contributed by atoms with Crippen molar-refractivity contribution >= 4 is 17.8 Å². The van der Waals surface area contributed by atoms with Gasteiger partial charge in [0, 0.05) is 0 Å². The molecular weight excluding hydrogens is 408 g/mol. The zero-order valence-electron chi connectivity index (χ0n) is 19.5. The van der Waals surface area contributed by atoms with Crippen molar-refractivity contribution in [3.05, 3.63) is 24.2 Å². The minimum absolute atomic E-state index is 0.0312. The molecule has 3 N–H and O–H groups in total. The summed E-state index contributed by atoms with van der Waals surface area (Å²) in [5.74, 6) is 0.607. The normalized spacial score (nSPS) is 29.2. The molecule has 8 heteroatoms. The molecule has 3 heterocycles. The lowest BCUT2D eigenvalue weighted by atomic mass is 9.64. The van der Waals surface area contributed by atoms with E-state index in [0.29, 0.717) is 25.3 Å². The van der Waals surface area contributed by atoms with E-state index in [1.54, 1.807) is 6.26 Å². The Hall–Kier alpha value is -2.35. The topological polar surface area (TPSA) is 96.1 Å². The second-order valence-corrected chi connectivity index (χ2v) is 10.8. The first-order chi connectivity index (χ1) is 15.2. The first-order valence-corrected chi connectivity index (χ1v) is 12.0. The van der Waals surface area contributed by atoms with Crippen LogP contribution in [0.3, 0.4) is 0 Å². The zero-order valence-corrected chi connectivity index (χ0v) is 19.5. The van der Waals surface area contributed by atoms with Crippen LogP contribution in [0.15, 0.2) is 22.8 Å². The molecule has 3 fully saturated rings. The first-order valence-electron chi connectivity index (χ1n) is 12.0. The molecule has 3 atom stereocenters. The lowest BCUT2D eigenvalue weighted by Gasteiger charge is -2.43. The maximum Gasteiger partial charge on any atom is 0.325 e. The average molecular weight is 446 g/mol. The largest absolute Gasteiger partial charge is 0.463 e. The highest BCUT2D eigenvalue weighted by Crippen LogP contribution is 2.46. The number of furan rings is 1. The van der Waals surface area contributed by atoms with Crippen molar-refractivity contribution in [1.29, 1.82) is 0 Å². The predicted octanol–water partition coefficient (Wildman–Crippen LogP) is 1.64. The van der Waals surface area contributed by atoms with Crippen molar-refractivity contribution in [3.8, 4) is 0 Å². The fourth-order valence-corrected chi connectivity index (χ4v) is 6.36. The highest BCUT2D eigenvalue weighted by atomic mass is 16.3. The summed E-state index contributed by atoms with van der Waals surface area (Å²) in [4.78, 5) is 41.2. The van der Waals surface area contributed by atoms with Crippen LogP contribution in [-0.2, 0) is 9.59 Å². The zero-order chi connectivity index (χ0) is 22.9. The van der Waals surface area contributed by atoms with E-state index in [2.05, 4.69) is 31.4 Å². The van der Waals surface area contributed by atoms with E-state index in [4.69, 9.17) is 4.42 Å². The predicted molar refractivity (Wildman–Crippen MR) is 119 cm³/mol.